The Morgan fingerprint density at radius 3 is 2.65 bits per heavy atom. The van der Waals surface area contributed by atoms with Crippen LogP contribution < -0.4 is 31.4 Å². The van der Waals surface area contributed by atoms with E-state index in [4.69, 9.17) is 9.47 Å². The summed E-state index contributed by atoms with van der Waals surface area (Å²) in [4.78, 5) is 51.5. The summed E-state index contributed by atoms with van der Waals surface area (Å²) in [5.74, 6) is 0.768. The third kappa shape index (κ3) is 5.08. The molecule has 0 unspecified atom stereocenters. The molecule has 12 nitrogen and oxygen atoms in total. The van der Waals surface area contributed by atoms with Crippen LogP contribution in [0.5, 0.6) is 11.5 Å². The first kappa shape index (κ1) is 23.9. The number of hydrogen-bond donors (Lipinski definition) is 3. The van der Waals surface area contributed by atoms with Crippen LogP contribution in [0.2, 0.25) is 0 Å². The van der Waals surface area contributed by atoms with Crippen molar-refractivity contribution in [3.8, 4) is 11.5 Å². The number of amides is 2. The summed E-state index contributed by atoms with van der Waals surface area (Å²) in [5.41, 5.74) is 0.711. The van der Waals surface area contributed by atoms with Gasteiger partial charge in [0.1, 0.15) is 6.54 Å². The van der Waals surface area contributed by atoms with Crippen LogP contribution in [0.4, 0.5) is 5.82 Å². The lowest BCUT2D eigenvalue weighted by Crippen LogP contribution is -2.42. The largest absolute Gasteiger partial charge is 0.454 e. The van der Waals surface area contributed by atoms with Crippen molar-refractivity contribution in [2.45, 2.75) is 33.0 Å². The minimum atomic E-state index is -0.680. The van der Waals surface area contributed by atoms with Gasteiger partial charge >= 0.3 is 5.69 Å². The maximum absolute atomic E-state index is 13.3. The van der Waals surface area contributed by atoms with Gasteiger partial charge in [0, 0.05) is 31.3 Å². The van der Waals surface area contributed by atoms with Gasteiger partial charge in [-0.3, -0.25) is 28.6 Å². The summed E-state index contributed by atoms with van der Waals surface area (Å²) in [6.45, 7) is 1.73. The van der Waals surface area contributed by atoms with Gasteiger partial charge in [-0.1, -0.05) is 18.2 Å². The van der Waals surface area contributed by atoms with E-state index in [2.05, 4.69) is 20.8 Å². The van der Waals surface area contributed by atoms with Gasteiger partial charge < -0.3 is 20.1 Å². The molecular weight excluding hydrogens is 480 g/mol. The van der Waals surface area contributed by atoms with Gasteiger partial charge in [-0.05, 0) is 36.8 Å². The van der Waals surface area contributed by atoms with E-state index < -0.39 is 17.2 Å². The molecule has 0 spiro atoms. The zero-order valence-electron chi connectivity index (χ0n) is 19.9. The molecule has 3 heterocycles. The lowest BCUT2D eigenvalue weighted by atomic mass is 10.2. The molecule has 0 aliphatic carbocycles. The zero-order chi connectivity index (χ0) is 25.9. The predicted octanol–water partition coefficient (Wildman–Crippen LogP) is 1.27. The molecule has 0 bridgehead atoms. The van der Waals surface area contributed by atoms with Crippen LogP contribution >= 0.6 is 0 Å². The Labute approximate surface area is 209 Å². The van der Waals surface area contributed by atoms with Crippen molar-refractivity contribution in [2.24, 2.45) is 0 Å². The number of benzene rings is 2. The molecule has 2 amide bonds. The number of aryl methyl sites for hydroxylation is 1. The predicted molar refractivity (Wildman–Crippen MR) is 133 cm³/mol. The highest BCUT2D eigenvalue weighted by Crippen LogP contribution is 2.32. The summed E-state index contributed by atoms with van der Waals surface area (Å²) in [5, 5.41) is 12.4. The highest BCUT2D eigenvalue weighted by atomic mass is 16.7. The number of nitrogens with zero attached hydrogens (tertiary/aromatic N) is 3. The average Bonchev–Trinajstić information content (AvgIpc) is 3.53. The van der Waals surface area contributed by atoms with E-state index in [0.29, 0.717) is 22.8 Å². The number of anilines is 1. The van der Waals surface area contributed by atoms with E-state index in [1.807, 2.05) is 6.07 Å². The fourth-order valence-corrected chi connectivity index (χ4v) is 4.08. The minimum Gasteiger partial charge on any atom is -0.454 e. The molecule has 190 valence electrons. The second-order valence-electron chi connectivity index (χ2n) is 8.54. The number of H-pyrrole nitrogens is 1. The first-order chi connectivity index (χ1) is 17.9. The van der Waals surface area contributed by atoms with Crippen molar-refractivity contribution >= 4 is 28.5 Å². The van der Waals surface area contributed by atoms with Gasteiger partial charge in [-0.15, -0.1) is 0 Å². The molecule has 37 heavy (non-hydrogen) atoms. The van der Waals surface area contributed by atoms with Crippen LogP contribution in [-0.4, -0.2) is 37.9 Å². The Morgan fingerprint density at radius 2 is 1.84 bits per heavy atom. The molecular formula is C25H24N6O6. The summed E-state index contributed by atoms with van der Waals surface area (Å²) < 4.78 is 12.8. The Bertz CT molecular complexity index is 1620. The van der Waals surface area contributed by atoms with Crippen molar-refractivity contribution in [1.82, 2.24) is 24.6 Å². The van der Waals surface area contributed by atoms with Crippen LogP contribution in [0.1, 0.15) is 17.7 Å². The second kappa shape index (κ2) is 10.0. The fourth-order valence-electron chi connectivity index (χ4n) is 4.08. The van der Waals surface area contributed by atoms with E-state index in [-0.39, 0.29) is 44.1 Å². The maximum atomic E-state index is 13.3. The van der Waals surface area contributed by atoms with E-state index in [0.717, 1.165) is 15.8 Å². The first-order valence-electron chi connectivity index (χ1n) is 11.6. The summed E-state index contributed by atoms with van der Waals surface area (Å²) in [6.07, 6.45) is -0.100. The SMILES string of the molecule is Cc1cc(NC(=O)Cn2c(=O)n(CCC(=O)NCc3ccc4c(c3)OCO4)c(=O)c3ccccc32)n[nH]1. The minimum absolute atomic E-state index is 0.100. The van der Waals surface area contributed by atoms with E-state index in [9.17, 15) is 19.2 Å². The number of rotatable bonds is 8. The zero-order valence-corrected chi connectivity index (χ0v) is 19.9. The molecule has 0 saturated heterocycles. The normalized spacial score (nSPS) is 12.0. The smallest absolute Gasteiger partial charge is 0.331 e. The van der Waals surface area contributed by atoms with Gasteiger partial charge in [0.05, 0.1) is 10.9 Å². The van der Waals surface area contributed by atoms with Gasteiger partial charge in [-0.25, -0.2) is 4.79 Å². The highest BCUT2D eigenvalue weighted by molar-refractivity contribution is 5.90. The molecule has 0 radical (unpaired) electrons. The summed E-state index contributed by atoms with van der Waals surface area (Å²) in [6, 6.07) is 13.6. The van der Waals surface area contributed by atoms with Crippen LogP contribution in [0.3, 0.4) is 0 Å². The number of aromatic amines is 1. The highest BCUT2D eigenvalue weighted by Gasteiger charge is 2.17. The number of aromatic nitrogens is 4. The molecule has 4 aromatic rings. The lowest BCUT2D eigenvalue weighted by molar-refractivity contribution is -0.121. The molecule has 1 aliphatic heterocycles. The number of hydrogen-bond acceptors (Lipinski definition) is 7. The third-order valence-corrected chi connectivity index (χ3v) is 5.90. The number of carbonyl (C=O) groups excluding carboxylic acids is 2. The van der Waals surface area contributed by atoms with Crippen molar-refractivity contribution in [2.75, 3.05) is 12.1 Å². The Hall–Kier alpha value is -4.87. The fraction of sp³-hybridized carbons (Fsp3) is 0.240. The number of para-hydroxylation sites is 1. The van der Waals surface area contributed by atoms with Crippen LogP contribution in [0, 0.1) is 6.92 Å². The molecule has 3 N–H and O–H groups in total. The number of fused-ring (bicyclic) bond motifs is 2. The van der Waals surface area contributed by atoms with E-state index in [1.165, 1.54) is 4.57 Å². The lowest BCUT2D eigenvalue weighted by Gasteiger charge is -2.14. The average molecular weight is 505 g/mol. The third-order valence-electron chi connectivity index (χ3n) is 5.90. The molecule has 2 aromatic heterocycles. The number of carbonyl (C=O) groups is 2. The van der Waals surface area contributed by atoms with Crippen molar-refractivity contribution in [3.63, 3.8) is 0 Å². The van der Waals surface area contributed by atoms with Gasteiger partial charge in [0.25, 0.3) is 5.56 Å². The number of nitrogens with one attached hydrogen (secondary N) is 3. The second-order valence-corrected chi connectivity index (χ2v) is 8.54. The van der Waals surface area contributed by atoms with E-state index in [1.54, 1.807) is 49.4 Å². The Balaban J connectivity index is 1.31. The van der Waals surface area contributed by atoms with Crippen molar-refractivity contribution in [1.29, 1.82) is 0 Å². The quantitative estimate of drug-likeness (QED) is 0.327. The van der Waals surface area contributed by atoms with Gasteiger partial charge in [-0.2, -0.15) is 5.10 Å². The summed E-state index contributed by atoms with van der Waals surface area (Å²) in [7, 11) is 0. The molecule has 5 rings (SSSR count). The van der Waals surface area contributed by atoms with Crippen LogP contribution in [0.25, 0.3) is 10.9 Å². The Kier molecular flexibility index (Phi) is 6.45. The number of ether oxygens (including phenoxy) is 2. The molecule has 0 saturated carbocycles. The standard InChI is InChI=1S/C25H24N6O6/c1-15-10-21(29-28-15)27-23(33)13-31-18-5-3-2-4-17(18)24(34)30(25(31)35)9-8-22(32)26-12-16-6-7-19-20(11-16)37-14-36-19/h2-7,10-11H,8-9,12-14H2,1H3,(H,26,32)(H2,27,28,29,33). The molecule has 0 atom stereocenters. The first-order valence-corrected chi connectivity index (χ1v) is 11.6. The molecule has 1 aliphatic rings. The Morgan fingerprint density at radius 1 is 1.03 bits per heavy atom. The van der Waals surface area contributed by atoms with E-state index >= 15 is 0 Å². The monoisotopic (exact) mass is 504 g/mol. The van der Waals surface area contributed by atoms with Crippen LogP contribution in [0.15, 0.2) is 58.1 Å². The molecule has 0 fully saturated rings. The molecule has 12 heteroatoms. The summed E-state index contributed by atoms with van der Waals surface area (Å²) >= 11 is 0. The van der Waals surface area contributed by atoms with Gasteiger partial charge in [0.2, 0.25) is 18.6 Å². The van der Waals surface area contributed by atoms with Crippen molar-refractivity contribution in [3.05, 3.63) is 80.6 Å². The molecule has 2 aromatic carbocycles. The maximum Gasteiger partial charge on any atom is 0.331 e. The topological polar surface area (TPSA) is 149 Å². The van der Waals surface area contributed by atoms with Crippen LogP contribution in [-0.2, 0) is 29.2 Å². The van der Waals surface area contributed by atoms with Gasteiger partial charge in [0.15, 0.2) is 17.3 Å². The van der Waals surface area contributed by atoms with Crippen molar-refractivity contribution < 1.29 is 19.1 Å².